The lowest BCUT2D eigenvalue weighted by atomic mass is 9.86. The molecule has 2 atom stereocenters. The average molecular weight is 537 g/mol. The first-order valence-electron chi connectivity index (χ1n) is 13.1. The molecule has 3 nitrogen and oxygen atoms in total. The van der Waals surface area contributed by atoms with Gasteiger partial charge in [-0.2, -0.15) is 17.0 Å². The molecule has 0 radical (unpaired) electrons. The molecule has 0 aliphatic heterocycles. The van der Waals surface area contributed by atoms with E-state index in [2.05, 4.69) is 61.5 Å². The zero-order valence-electron chi connectivity index (χ0n) is 21.6. The van der Waals surface area contributed by atoms with Crippen molar-refractivity contribution in [1.29, 1.82) is 5.26 Å². The van der Waals surface area contributed by atoms with E-state index in [1.165, 1.54) is 22.9 Å². The Balaban J connectivity index is 1.45. The van der Waals surface area contributed by atoms with E-state index in [0.29, 0.717) is 16.3 Å². The third kappa shape index (κ3) is 6.15. The number of hydrogen-bond acceptors (Lipinski definition) is 5. The third-order valence-corrected chi connectivity index (χ3v) is 10.00. The maximum absolute atomic E-state index is 11.9. The van der Waals surface area contributed by atoms with E-state index in [1.54, 1.807) is 0 Å². The third-order valence-electron chi connectivity index (χ3n) is 7.21. The summed E-state index contributed by atoms with van der Waals surface area (Å²) in [7, 11) is 0. The minimum Gasteiger partial charge on any atom is -0.388 e. The summed E-state index contributed by atoms with van der Waals surface area (Å²) < 4.78 is 0. The summed E-state index contributed by atoms with van der Waals surface area (Å²) in [6.07, 6.45) is 3.95. The molecule has 0 bridgehead atoms. The fraction of sp³-hybridized carbons (Fsp3) is 0.273. The second-order valence-electron chi connectivity index (χ2n) is 10.0. The molecule has 1 aliphatic rings. The number of pyridine rings is 1. The lowest BCUT2D eigenvalue weighted by molar-refractivity contribution is 0.0339. The Bertz CT molecular complexity index is 1400. The van der Waals surface area contributed by atoms with Gasteiger partial charge in [0.25, 0.3) is 0 Å². The first-order chi connectivity index (χ1) is 18.6. The highest BCUT2D eigenvalue weighted by Gasteiger charge is 2.39. The van der Waals surface area contributed by atoms with Crippen LogP contribution in [0.1, 0.15) is 42.4 Å². The Morgan fingerprint density at radius 2 is 1.66 bits per heavy atom. The molecule has 1 saturated carbocycles. The minimum absolute atomic E-state index is 0.156. The van der Waals surface area contributed by atoms with Crippen molar-refractivity contribution in [3.63, 3.8) is 0 Å². The number of aryl methyl sites for hydroxylation is 1. The lowest BCUT2D eigenvalue weighted by Gasteiger charge is -2.39. The molecule has 0 spiro atoms. The van der Waals surface area contributed by atoms with Crippen LogP contribution in [0.5, 0.6) is 0 Å². The van der Waals surface area contributed by atoms with Gasteiger partial charge in [0.05, 0.1) is 16.9 Å². The Morgan fingerprint density at radius 1 is 0.947 bits per heavy atom. The number of benzene rings is 3. The van der Waals surface area contributed by atoms with Gasteiger partial charge in [0.1, 0.15) is 11.1 Å². The first kappa shape index (κ1) is 26.6. The molecule has 1 fully saturated rings. The van der Waals surface area contributed by atoms with Gasteiger partial charge in [-0.3, -0.25) is 0 Å². The van der Waals surface area contributed by atoms with Gasteiger partial charge in [0.2, 0.25) is 0 Å². The molecule has 3 aromatic carbocycles. The first-order valence-corrected chi connectivity index (χ1v) is 15.2. The van der Waals surface area contributed by atoms with Crippen molar-refractivity contribution in [3.8, 4) is 28.5 Å². The molecule has 0 amide bonds. The summed E-state index contributed by atoms with van der Waals surface area (Å²) >= 11 is 3.38. The van der Waals surface area contributed by atoms with Crippen molar-refractivity contribution < 1.29 is 5.11 Å². The second kappa shape index (κ2) is 12.2. The van der Waals surface area contributed by atoms with Crippen molar-refractivity contribution >= 4 is 23.5 Å². The van der Waals surface area contributed by atoms with E-state index in [9.17, 15) is 10.4 Å². The van der Waals surface area contributed by atoms with Crippen LogP contribution < -0.4 is 0 Å². The highest BCUT2D eigenvalue weighted by Crippen LogP contribution is 2.42. The smallest absolute Gasteiger partial charge is 0.115 e. The van der Waals surface area contributed by atoms with Crippen molar-refractivity contribution in [1.82, 2.24) is 4.98 Å². The monoisotopic (exact) mass is 536 g/mol. The Kier molecular flexibility index (Phi) is 8.54. The molecule has 1 heterocycles. The molecule has 192 valence electrons. The molecule has 5 heteroatoms. The average Bonchev–Trinajstić information content (AvgIpc) is 2.96. The molecule has 38 heavy (non-hydrogen) atoms. The molecule has 5 rings (SSSR count). The topological polar surface area (TPSA) is 56.9 Å². The molecule has 1 N–H and O–H groups in total. The van der Waals surface area contributed by atoms with Crippen molar-refractivity contribution in [2.45, 2.75) is 54.2 Å². The fourth-order valence-corrected chi connectivity index (χ4v) is 7.74. The van der Waals surface area contributed by atoms with Gasteiger partial charge in [-0.15, -0.1) is 11.8 Å². The Hall–Kier alpha value is -3.04. The van der Waals surface area contributed by atoms with E-state index in [4.69, 9.17) is 4.98 Å². The van der Waals surface area contributed by atoms with E-state index >= 15 is 0 Å². The van der Waals surface area contributed by atoms with Gasteiger partial charge < -0.3 is 5.11 Å². The van der Waals surface area contributed by atoms with Gasteiger partial charge in [-0.25, -0.2) is 4.98 Å². The predicted molar refractivity (Wildman–Crippen MR) is 160 cm³/mol. The summed E-state index contributed by atoms with van der Waals surface area (Å²) in [4.78, 5) is 4.97. The van der Waals surface area contributed by atoms with Crippen LogP contribution in [0.15, 0.2) is 96.0 Å². The van der Waals surface area contributed by atoms with Crippen molar-refractivity contribution in [3.05, 3.63) is 108 Å². The van der Waals surface area contributed by atoms with E-state index < -0.39 is 5.60 Å². The number of nitriles is 1. The lowest BCUT2D eigenvalue weighted by Crippen LogP contribution is -2.45. The summed E-state index contributed by atoms with van der Waals surface area (Å²) in [6.45, 7) is 2.06. The fourth-order valence-electron chi connectivity index (χ4n) is 5.01. The van der Waals surface area contributed by atoms with Gasteiger partial charge in [-0.05, 0) is 37.0 Å². The maximum atomic E-state index is 11.9. The number of rotatable bonds is 8. The Labute approximate surface area is 234 Å². The van der Waals surface area contributed by atoms with Crippen LogP contribution in [-0.2, 0) is 5.75 Å². The molecule has 0 unspecified atom stereocenters. The number of aliphatic hydroxyl groups is 1. The SMILES string of the molecule is Cc1ccc(-c2cc(-c3ccccc3)nc(SC[C@@]3(O)CCCC[C@@H]3SCc3ccccc3)c2C#N)cc1. The normalized spacial score (nSPS) is 19.1. The van der Waals surface area contributed by atoms with E-state index in [0.717, 1.165) is 53.8 Å². The van der Waals surface area contributed by atoms with Crippen LogP contribution in [0, 0.1) is 18.3 Å². The van der Waals surface area contributed by atoms with E-state index in [-0.39, 0.29) is 5.25 Å². The molecular weight excluding hydrogens is 505 g/mol. The predicted octanol–water partition coefficient (Wildman–Crippen LogP) is 8.29. The number of aromatic nitrogens is 1. The standard InChI is InChI=1S/C33H32N2OS2/c1-24-15-17-26(18-16-24)28-20-30(27-12-6-3-7-13-27)35-32(29(28)21-34)38-23-33(36)19-9-8-14-31(33)37-22-25-10-4-2-5-11-25/h2-7,10-13,15-18,20,31,36H,8-9,14,19,22-23H2,1H3/t31-,33-/m0/s1. The summed E-state index contributed by atoms with van der Waals surface area (Å²) in [5, 5.41) is 23.0. The molecule has 0 saturated heterocycles. The van der Waals surface area contributed by atoms with Gasteiger partial charge >= 0.3 is 0 Å². The molecule has 4 aromatic rings. The molecular formula is C33H32N2OS2. The van der Waals surface area contributed by atoms with Crippen molar-refractivity contribution in [2.75, 3.05) is 5.75 Å². The second-order valence-corrected chi connectivity index (χ2v) is 12.2. The highest BCUT2D eigenvalue weighted by molar-refractivity contribution is 8.00. The summed E-state index contributed by atoms with van der Waals surface area (Å²) in [6, 6.07) is 33.3. The Morgan fingerprint density at radius 3 is 2.37 bits per heavy atom. The zero-order chi connectivity index (χ0) is 26.4. The largest absolute Gasteiger partial charge is 0.388 e. The van der Waals surface area contributed by atoms with Crippen LogP contribution in [0.25, 0.3) is 22.4 Å². The molecule has 1 aromatic heterocycles. The minimum atomic E-state index is -0.802. The van der Waals surface area contributed by atoms with Gasteiger partial charge in [-0.1, -0.05) is 103 Å². The summed E-state index contributed by atoms with van der Waals surface area (Å²) in [5.41, 5.74) is 5.97. The van der Waals surface area contributed by atoms with Crippen LogP contribution in [0.2, 0.25) is 0 Å². The van der Waals surface area contributed by atoms with Gasteiger partial charge in [0, 0.05) is 27.9 Å². The maximum Gasteiger partial charge on any atom is 0.115 e. The van der Waals surface area contributed by atoms with Crippen LogP contribution in [0.4, 0.5) is 0 Å². The van der Waals surface area contributed by atoms with Crippen LogP contribution in [-0.4, -0.2) is 26.7 Å². The number of thioether (sulfide) groups is 2. The quantitative estimate of drug-likeness (QED) is 0.230. The number of nitrogens with zero attached hydrogens (tertiary/aromatic N) is 2. The zero-order valence-corrected chi connectivity index (χ0v) is 23.3. The van der Waals surface area contributed by atoms with Gasteiger partial charge in [0.15, 0.2) is 0 Å². The van der Waals surface area contributed by atoms with E-state index in [1.807, 2.05) is 54.2 Å². The van der Waals surface area contributed by atoms with Crippen LogP contribution in [0.3, 0.4) is 0 Å². The van der Waals surface area contributed by atoms with Crippen LogP contribution >= 0.6 is 23.5 Å². The van der Waals surface area contributed by atoms with Crippen molar-refractivity contribution in [2.24, 2.45) is 0 Å². The molecule has 1 aliphatic carbocycles. The highest BCUT2D eigenvalue weighted by atomic mass is 32.2. The number of hydrogen-bond donors (Lipinski definition) is 1. The summed E-state index contributed by atoms with van der Waals surface area (Å²) in [5.74, 6) is 1.41.